The Hall–Kier alpha value is -0.650. The number of rotatable bonds is 7. The van der Waals surface area contributed by atoms with Gasteiger partial charge in [-0.25, -0.2) is 0 Å². The molecule has 0 aromatic rings. The first kappa shape index (κ1) is 13.4. The number of hydrogen-bond acceptors (Lipinski definition) is 4. The average Bonchev–Trinajstić information content (AvgIpc) is 2.03. The van der Waals surface area contributed by atoms with Crippen molar-refractivity contribution in [2.45, 2.75) is 32.4 Å². The molecule has 0 radical (unpaired) electrons. The Morgan fingerprint density at radius 1 is 1.64 bits per heavy atom. The molecule has 5 nitrogen and oxygen atoms in total. The minimum atomic E-state index is -0.994. The van der Waals surface area contributed by atoms with Crippen LogP contribution in [0.15, 0.2) is 0 Å². The topological polar surface area (TPSA) is 84.6 Å². The smallest absolute Gasteiger partial charge is 0.321 e. The van der Waals surface area contributed by atoms with Gasteiger partial charge in [-0.3, -0.25) is 4.79 Å². The third-order valence-corrected chi connectivity index (χ3v) is 1.77. The molecule has 1 unspecified atom stereocenters. The summed E-state index contributed by atoms with van der Waals surface area (Å²) in [6.45, 7) is 7.28. The van der Waals surface area contributed by atoms with Crippen molar-refractivity contribution in [1.82, 2.24) is 5.32 Å². The third-order valence-electron chi connectivity index (χ3n) is 1.77. The number of nitrogens with two attached hydrogens (primary N) is 1. The molecule has 0 saturated carbocycles. The normalized spacial score (nSPS) is 14.0. The standard InChI is InChI=1S/C9H20N2O3/c1-4-14-9(2,3)6-11-5-7(10)8(12)13/h7,11H,4-6,10H2,1-3H3,(H,12,13). The molecule has 0 aromatic heterocycles. The molecule has 0 bridgehead atoms. The minimum absolute atomic E-state index is 0.256. The van der Waals surface area contributed by atoms with Crippen LogP contribution in [0.4, 0.5) is 0 Å². The molecule has 84 valence electrons. The Labute approximate surface area is 84.6 Å². The summed E-state index contributed by atoms with van der Waals surface area (Å²) in [5.74, 6) is -0.994. The first-order valence-electron chi connectivity index (χ1n) is 4.72. The van der Waals surface area contributed by atoms with E-state index in [0.717, 1.165) is 0 Å². The lowest BCUT2D eigenvalue weighted by atomic mass is 10.1. The predicted molar refractivity (Wildman–Crippen MR) is 54.2 cm³/mol. The number of aliphatic carboxylic acids is 1. The van der Waals surface area contributed by atoms with Crippen LogP contribution < -0.4 is 11.1 Å². The van der Waals surface area contributed by atoms with Crippen LogP contribution in [0.1, 0.15) is 20.8 Å². The summed E-state index contributed by atoms with van der Waals surface area (Å²) in [5, 5.41) is 11.5. The lowest BCUT2D eigenvalue weighted by molar-refractivity contribution is -0.138. The van der Waals surface area contributed by atoms with Gasteiger partial charge in [0.25, 0.3) is 0 Å². The monoisotopic (exact) mass is 204 g/mol. The minimum Gasteiger partial charge on any atom is -0.480 e. The second-order valence-electron chi connectivity index (χ2n) is 3.77. The zero-order valence-electron chi connectivity index (χ0n) is 9.04. The van der Waals surface area contributed by atoms with Crippen LogP contribution in [-0.4, -0.2) is 42.4 Å². The van der Waals surface area contributed by atoms with Gasteiger partial charge in [0.05, 0.1) is 5.60 Å². The highest BCUT2D eigenvalue weighted by Gasteiger charge is 2.18. The Morgan fingerprint density at radius 2 is 2.21 bits per heavy atom. The van der Waals surface area contributed by atoms with E-state index in [4.69, 9.17) is 15.6 Å². The maximum atomic E-state index is 10.4. The number of carbonyl (C=O) groups is 1. The van der Waals surface area contributed by atoms with Gasteiger partial charge in [-0.15, -0.1) is 0 Å². The largest absolute Gasteiger partial charge is 0.480 e. The van der Waals surface area contributed by atoms with Gasteiger partial charge in [0.15, 0.2) is 0 Å². The molecule has 0 amide bonds. The van der Waals surface area contributed by atoms with Gasteiger partial charge in [0.2, 0.25) is 0 Å². The maximum absolute atomic E-state index is 10.4. The fraction of sp³-hybridized carbons (Fsp3) is 0.889. The molecule has 0 aliphatic carbocycles. The molecule has 0 heterocycles. The van der Waals surface area contributed by atoms with E-state index in [2.05, 4.69) is 5.32 Å². The van der Waals surface area contributed by atoms with E-state index >= 15 is 0 Å². The third kappa shape index (κ3) is 5.90. The number of carboxylic acid groups (broad SMARTS) is 1. The first-order valence-corrected chi connectivity index (χ1v) is 4.72. The van der Waals surface area contributed by atoms with Crippen molar-refractivity contribution in [3.8, 4) is 0 Å². The van der Waals surface area contributed by atoms with E-state index < -0.39 is 12.0 Å². The summed E-state index contributed by atoms with van der Waals surface area (Å²) < 4.78 is 5.42. The van der Waals surface area contributed by atoms with Crippen molar-refractivity contribution in [3.05, 3.63) is 0 Å². The molecule has 0 aliphatic rings. The van der Waals surface area contributed by atoms with E-state index in [1.807, 2.05) is 20.8 Å². The van der Waals surface area contributed by atoms with Gasteiger partial charge in [0, 0.05) is 19.7 Å². The van der Waals surface area contributed by atoms with E-state index in [0.29, 0.717) is 13.2 Å². The Bertz CT molecular complexity index is 183. The lowest BCUT2D eigenvalue weighted by Crippen LogP contribution is -2.45. The van der Waals surface area contributed by atoms with Crippen molar-refractivity contribution < 1.29 is 14.6 Å². The van der Waals surface area contributed by atoms with Crippen LogP contribution in [0.25, 0.3) is 0 Å². The lowest BCUT2D eigenvalue weighted by Gasteiger charge is -2.25. The van der Waals surface area contributed by atoms with Crippen molar-refractivity contribution in [3.63, 3.8) is 0 Å². The molecule has 5 heteroatoms. The molecule has 0 saturated heterocycles. The summed E-state index contributed by atoms with van der Waals surface area (Å²) in [6.07, 6.45) is 0. The van der Waals surface area contributed by atoms with Gasteiger partial charge in [-0.2, -0.15) is 0 Å². The zero-order chi connectivity index (χ0) is 11.2. The number of nitrogens with one attached hydrogen (secondary N) is 1. The Balaban J connectivity index is 3.67. The number of carboxylic acids is 1. The van der Waals surface area contributed by atoms with Crippen molar-refractivity contribution in [2.75, 3.05) is 19.7 Å². The first-order chi connectivity index (χ1) is 6.39. The SMILES string of the molecule is CCOC(C)(C)CNCC(N)C(=O)O. The van der Waals surface area contributed by atoms with E-state index in [-0.39, 0.29) is 12.1 Å². The zero-order valence-corrected chi connectivity index (χ0v) is 9.04. The van der Waals surface area contributed by atoms with Crippen molar-refractivity contribution >= 4 is 5.97 Å². The Morgan fingerprint density at radius 3 is 2.64 bits per heavy atom. The molecule has 0 aromatic carbocycles. The molecular weight excluding hydrogens is 184 g/mol. The summed E-state index contributed by atoms with van der Waals surface area (Å²) >= 11 is 0. The summed E-state index contributed by atoms with van der Waals surface area (Å²) in [5.41, 5.74) is 5.03. The second-order valence-corrected chi connectivity index (χ2v) is 3.77. The molecule has 4 N–H and O–H groups in total. The quantitative estimate of drug-likeness (QED) is 0.535. The van der Waals surface area contributed by atoms with E-state index in [1.165, 1.54) is 0 Å². The molecule has 0 fully saturated rings. The molecule has 1 atom stereocenters. The summed E-state index contributed by atoms with van der Waals surface area (Å²) in [7, 11) is 0. The molecule has 14 heavy (non-hydrogen) atoms. The predicted octanol–water partition coefficient (Wildman–Crippen LogP) is -0.197. The highest BCUT2D eigenvalue weighted by molar-refractivity contribution is 5.73. The molecule has 0 spiro atoms. The van der Waals surface area contributed by atoms with Crippen molar-refractivity contribution in [1.29, 1.82) is 0 Å². The van der Waals surface area contributed by atoms with Crippen LogP contribution in [0.2, 0.25) is 0 Å². The fourth-order valence-corrected chi connectivity index (χ4v) is 1.06. The molecule has 0 rings (SSSR count). The van der Waals surface area contributed by atoms with Crippen LogP contribution in [-0.2, 0) is 9.53 Å². The average molecular weight is 204 g/mol. The molecule has 0 aliphatic heterocycles. The van der Waals surface area contributed by atoms with Gasteiger partial charge in [-0.05, 0) is 20.8 Å². The molecular formula is C9H20N2O3. The summed E-state index contributed by atoms with van der Waals surface area (Å²) in [6, 6.07) is -0.854. The fourth-order valence-electron chi connectivity index (χ4n) is 1.06. The van der Waals surface area contributed by atoms with Gasteiger partial charge in [-0.1, -0.05) is 0 Å². The van der Waals surface area contributed by atoms with Gasteiger partial charge in [0.1, 0.15) is 6.04 Å². The van der Waals surface area contributed by atoms with Crippen LogP contribution in [0, 0.1) is 0 Å². The Kier molecular flexibility index (Phi) is 5.68. The highest BCUT2D eigenvalue weighted by atomic mass is 16.5. The summed E-state index contributed by atoms with van der Waals surface area (Å²) in [4.78, 5) is 10.4. The van der Waals surface area contributed by atoms with Crippen molar-refractivity contribution in [2.24, 2.45) is 5.73 Å². The number of ether oxygens (including phenoxy) is 1. The van der Waals surface area contributed by atoms with Crippen LogP contribution in [0.3, 0.4) is 0 Å². The number of hydrogen-bond donors (Lipinski definition) is 3. The highest BCUT2D eigenvalue weighted by Crippen LogP contribution is 2.06. The second kappa shape index (κ2) is 5.95. The van der Waals surface area contributed by atoms with Crippen LogP contribution in [0.5, 0.6) is 0 Å². The van der Waals surface area contributed by atoms with Gasteiger partial charge >= 0.3 is 5.97 Å². The van der Waals surface area contributed by atoms with Gasteiger partial charge < -0.3 is 20.9 Å². The van der Waals surface area contributed by atoms with E-state index in [1.54, 1.807) is 0 Å². The van der Waals surface area contributed by atoms with E-state index in [9.17, 15) is 4.79 Å². The van der Waals surface area contributed by atoms with Crippen LogP contribution >= 0.6 is 0 Å². The maximum Gasteiger partial charge on any atom is 0.321 e.